The highest BCUT2D eigenvalue weighted by atomic mass is 79.9. The summed E-state index contributed by atoms with van der Waals surface area (Å²) in [5, 5.41) is 0. The minimum atomic E-state index is -0.287. The van der Waals surface area contributed by atoms with Crippen LogP contribution in [0.4, 0.5) is 4.39 Å². The third kappa shape index (κ3) is 6.15. The molecule has 0 fully saturated rings. The number of rotatable bonds is 0. The van der Waals surface area contributed by atoms with Crippen LogP contribution in [0.1, 0.15) is 20.8 Å². The maximum atomic E-state index is 12.0. The van der Waals surface area contributed by atoms with Gasteiger partial charge in [0, 0.05) is 0 Å². The number of hydrogen-bond acceptors (Lipinski definition) is 0. The highest BCUT2D eigenvalue weighted by molar-refractivity contribution is 9.11. The molecule has 0 aliphatic carbocycles. The van der Waals surface area contributed by atoms with Crippen molar-refractivity contribution in [1.82, 2.24) is 0 Å². The molecule has 0 amide bonds. The van der Waals surface area contributed by atoms with Crippen LogP contribution in [0.3, 0.4) is 0 Å². The van der Waals surface area contributed by atoms with Crippen LogP contribution in [0.15, 0.2) is 10.8 Å². The lowest BCUT2D eigenvalue weighted by atomic mass is 9.98. The van der Waals surface area contributed by atoms with Gasteiger partial charge in [0.15, 0.2) is 4.74 Å². The molecule has 0 nitrogen and oxygen atoms in total. The third-order valence-electron chi connectivity index (χ3n) is 0.542. The van der Waals surface area contributed by atoms with Crippen molar-refractivity contribution in [2.45, 2.75) is 20.8 Å². The van der Waals surface area contributed by atoms with Gasteiger partial charge in [0.05, 0.1) is 0 Å². The van der Waals surface area contributed by atoms with E-state index in [1.54, 1.807) is 0 Å². The second-order valence-corrected chi connectivity index (χ2v) is 3.56. The molecule has 0 aromatic carbocycles. The van der Waals surface area contributed by atoms with Gasteiger partial charge < -0.3 is 0 Å². The second kappa shape index (κ2) is 2.62. The molecule has 0 radical (unpaired) electrons. The highest BCUT2D eigenvalue weighted by Crippen LogP contribution is 2.20. The van der Waals surface area contributed by atoms with Crippen LogP contribution in [-0.2, 0) is 0 Å². The lowest BCUT2D eigenvalue weighted by Gasteiger charge is -2.09. The molecule has 2 heteroatoms. The van der Waals surface area contributed by atoms with Crippen molar-refractivity contribution >= 4 is 15.9 Å². The molecule has 0 aromatic rings. The molecule has 8 heavy (non-hydrogen) atoms. The van der Waals surface area contributed by atoms with E-state index < -0.39 is 0 Å². The standard InChI is InChI=1S/C6H10BrF/c1-6(2,3)4-5(7)8/h4H,1-3H3/b5-4+. The molecule has 0 aromatic heterocycles. The molecule has 48 valence electrons. The fourth-order valence-corrected chi connectivity index (χ4v) is 1.01. The average Bonchev–Trinajstić information content (AvgIpc) is 1.21. The van der Waals surface area contributed by atoms with Gasteiger partial charge in [-0.1, -0.05) is 20.8 Å². The maximum absolute atomic E-state index is 12.0. The van der Waals surface area contributed by atoms with E-state index in [4.69, 9.17) is 0 Å². The molecular weight excluding hydrogens is 171 g/mol. The Hall–Kier alpha value is 0.150. The second-order valence-electron chi connectivity index (χ2n) is 2.80. The number of hydrogen-bond donors (Lipinski definition) is 0. The van der Waals surface area contributed by atoms with Crippen molar-refractivity contribution < 1.29 is 4.39 Å². The van der Waals surface area contributed by atoms with Crippen LogP contribution in [0.2, 0.25) is 0 Å². The molecule has 0 heterocycles. The predicted molar refractivity (Wildman–Crippen MR) is 37.6 cm³/mol. The molecule has 0 saturated heterocycles. The SMILES string of the molecule is CC(C)(C)/C=C(/F)Br. The molecule has 0 N–H and O–H groups in total. The lowest BCUT2D eigenvalue weighted by Crippen LogP contribution is -1.98. The minimum absolute atomic E-state index is 0.0619. The fourth-order valence-electron chi connectivity index (χ4n) is 0.327. The molecule has 0 unspecified atom stereocenters. The average molecular weight is 181 g/mol. The van der Waals surface area contributed by atoms with Gasteiger partial charge in [-0.25, -0.2) is 0 Å². The summed E-state index contributed by atoms with van der Waals surface area (Å²) < 4.78 is 11.7. The van der Waals surface area contributed by atoms with E-state index in [0.717, 1.165) is 0 Å². The number of allylic oxidation sites excluding steroid dienone is 1. The van der Waals surface area contributed by atoms with E-state index in [1.807, 2.05) is 20.8 Å². The van der Waals surface area contributed by atoms with Crippen molar-refractivity contribution in [1.29, 1.82) is 0 Å². The van der Waals surface area contributed by atoms with Gasteiger partial charge in [0.1, 0.15) is 0 Å². The first-order chi connectivity index (χ1) is 3.42. The highest BCUT2D eigenvalue weighted by Gasteiger charge is 2.05. The maximum Gasteiger partial charge on any atom is 0.162 e. The summed E-state index contributed by atoms with van der Waals surface area (Å²) in [5.74, 6) is 0. The molecule has 0 saturated carbocycles. The quantitative estimate of drug-likeness (QED) is 0.538. The van der Waals surface area contributed by atoms with Crippen molar-refractivity contribution in [2.24, 2.45) is 5.41 Å². The summed E-state index contributed by atoms with van der Waals surface area (Å²) in [6.45, 7) is 5.82. The number of halogens is 2. The smallest absolute Gasteiger partial charge is 0.162 e. The van der Waals surface area contributed by atoms with Gasteiger partial charge in [0.25, 0.3) is 0 Å². The normalized spacial score (nSPS) is 14.4. The molecular formula is C6H10BrF. The zero-order valence-electron chi connectivity index (χ0n) is 5.33. The van der Waals surface area contributed by atoms with Gasteiger partial charge in [-0.3, -0.25) is 0 Å². The van der Waals surface area contributed by atoms with Gasteiger partial charge in [0.2, 0.25) is 0 Å². The summed E-state index contributed by atoms with van der Waals surface area (Å²) in [6, 6.07) is 0. The van der Waals surface area contributed by atoms with Gasteiger partial charge in [-0.2, -0.15) is 4.39 Å². The fraction of sp³-hybridized carbons (Fsp3) is 0.667. The Morgan fingerprint density at radius 2 is 1.88 bits per heavy atom. The summed E-state index contributed by atoms with van der Waals surface area (Å²) in [7, 11) is 0. The Kier molecular flexibility index (Phi) is 2.67. The Labute approximate surface area is 57.9 Å². The Morgan fingerprint density at radius 1 is 1.50 bits per heavy atom. The first-order valence-electron chi connectivity index (χ1n) is 2.46. The first kappa shape index (κ1) is 8.15. The van der Waals surface area contributed by atoms with Crippen LogP contribution in [-0.4, -0.2) is 0 Å². The Morgan fingerprint density at radius 3 is 1.88 bits per heavy atom. The van der Waals surface area contributed by atoms with Crippen LogP contribution >= 0.6 is 15.9 Å². The van der Waals surface area contributed by atoms with Crippen molar-refractivity contribution in [2.75, 3.05) is 0 Å². The zero-order valence-corrected chi connectivity index (χ0v) is 6.92. The van der Waals surface area contributed by atoms with Crippen molar-refractivity contribution in [3.63, 3.8) is 0 Å². The Bertz CT molecular complexity index is 95.6. The van der Waals surface area contributed by atoms with Gasteiger partial charge in [-0.15, -0.1) is 0 Å². The largest absolute Gasteiger partial charge is 0.199 e. The summed E-state index contributed by atoms with van der Waals surface area (Å²) >= 11 is 2.70. The molecule has 0 aliphatic rings. The van der Waals surface area contributed by atoms with Crippen LogP contribution in [0, 0.1) is 5.41 Å². The first-order valence-corrected chi connectivity index (χ1v) is 3.25. The summed E-state index contributed by atoms with van der Waals surface area (Å²) in [6.07, 6.45) is 1.52. The van der Waals surface area contributed by atoms with Crippen LogP contribution < -0.4 is 0 Å². The van der Waals surface area contributed by atoms with Gasteiger partial charge in [-0.05, 0) is 27.4 Å². The van der Waals surface area contributed by atoms with Crippen molar-refractivity contribution in [3.8, 4) is 0 Å². The van der Waals surface area contributed by atoms with E-state index in [-0.39, 0.29) is 10.2 Å². The Balaban J connectivity index is 3.89. The lowest BCUT2D eigenvalue weighted by molar-refractivity contribution is 0.526. The van der Waals surface area contributed by atoms with Crippen molar-refractivity contribution in [3.05, 3.63) is 10.8 Å². The molecule has 0 bridgehead atoms. The van der Waals surface area contributed by atoms with Crippen LogP contribution in [0.25, 0.3) is 0 Å². The predicted octanol–water partition coefficient (Wildman–Crippen LogP) is 3.24. The van der Waals surface area contributed by atoms with E-state index in [0.29, 0.717) is 0 Å². The van der Waals surface area contributed by atoms with Crippen LogP contribution in [0.5, 0.6) is 0 Å². The topological polar surface area (TPSA) is 0 Å². The van der Waals surface area contributed by atoms with E-state index >= 15 is 0 Å². The van der Waals surface area contributed by atoms with E-state index in [2.05, 4.69) is 15.9 Å². The van der Waals surface area contributed by atoms with Gasteiger partial charge >= 0.3 is 0 Å². The molecule has 0 aliphatic heterocycles. The monoisotopic (exact) mass is 180 g/mol. The zero-order chi connectivity index (χ0) is 6.78. The minimum Gasteiger partial charge on any atom is -0.199 e. The third-order valence-corrected chi connectivity index (χ3v) is 0.771. The van der Waals surface area contributed by atoms with E-state index in [9.17, 15) is 4.39 Å². The summed E-state index contributed by atoms with van der Waals surface area (Å²) in [5.41, 5.74) is -0.0619. The molecule has 0 atom stereocenters. The summed E-state index contributed by atoms with van der Waals surface area (Å²) in [4.78, 5) is 0. The molecule has 0 spiro atoms. The van der Waals surface area contributed by atoms with E-state index in [1.165, 1.54) is 6.08 Å². The molecule has 0 rings (SSSR count).